The molecule has 3 rings (SSSR count). The Kier molecular flexibility index (Phi) is 7.78. The third-order valence-corrected chi connectivity index (χ3v) is 5.01. The van der Waals surface area contributed by atoms with Gasteiger partial charge >= 0.3 is 5.97 Å². The van der Waals surface area contributed by atoms with E-state index in [9.17, 15) is 4.79 Å². The number of benzene rings is 3. The number of carboxylic acids is 1. The van der Waals surface area contributed by atoms with Gasteiger partial charge in [-0.15, -0.1) is 0 Å². The number of rotatable bonds is 10. The van der Waals surface area contributed by atoms with E-state index in [-0.39, 0.29) is 6.42 Å². The summed E-state index contributed by atoms with van der Waals surface area (Å²) in [5.41, 5.74) is 6.51. The third-order valence-electron chi connectivity index (χ3n) is 5.01. The molecule has 0 amide bonds. The van der Waals surface area contributed by atoms with E-state index in [0.717, 1.165) is 41.7 Å². The van der Waals surface area contributed by atoms with Crippen LogP contribution in [0.15, 0.2) is 84.0 Å². The summed E-state index contributed by atoms with van der Waals surface area (Å²) in [7, 11) is 1.57. The van der Waals surface area contributed by atoms with Crippen molar-refractivity contribution in [3.05, 3.63) is 107 Å². The number of aliphatic carboxylic acids is 1. The van der Waals surface area contributed by atoms with Crippen LogP contribution in [0.5, 0.6) is 0 Å². The lowest BCUT2D eigenvalue weighted by Crippen LogP contribution is -2.04. The van der Waals surface area contributed by atoms with Crippen LogP contribution in [0.4, 0.5) is 0 Å². The Hall–Kier alpha value is -3.40. The number of aryl methyl sites for hydroxylation is 3. The Morgan fingerprint density at radius 3 is 2.10 bits per heavy atom. The molecule has 0 heterocycles. The first-order chi connectivity index (χ1) is 14.7. The van der Waals surface area contributed by atoms with Crippen LogP contribution in [0, 0.1) is 0 Å². The molecule has 30 heavy (non-hydrogen) atoms. The summed E-state index contributed by atoms with van der Waals surface area (Å²) < 4.78 is 0. The van der Waals surface area contributed by atoms with Crippen molar-refractivity contribution in [2.24, 2.45) is 5.16 Å². The van der Waals surface area contributed by atoms with E-state index in [2.05, 4.69) is 41.6 Å². The lowest BCUT2D eigenvalue weighted by molar-refractivity contribution is -0.136. The Bertz CT molecular complexity index is 979. The van der Waals surface area contributed by atoms with Gasteiger partial charge in [0.2, 0.25) is 0 Å². The van der Waals surface area contributed by atoms with Crippen molar-refractivity contribution < 1.29 is 14.7 Å². The molecule has 154 valence electrons. The maximum atomic E-state index is 10.7. The van der Waals surface area contributed by atoms with Gasteiger partial charge in [-0.05, 0) is 48.4 Å². The summed E-state index contributed by atoms with van der Waals surface area (Å²) >= 11 is 0. The first-order valence-electron chi connectivity index (χ1n) is 10.2. The van der Waals surface area contributed by atoms with Crippen LogP contribution >= 0.6 is 0 Å². The predicted molar refractivity (Wildman–Crippen MR) is 120 cm³/mol. The fraction of sp³-hybridized carbons (Fsp3) is 0.231. The van der Waals surface area contributed by atoms with Crippen molar-refractivity contribution in [1.29, 1.82) is 0 Å². The molecule has 0 saturated carbocycles. The number of hydrogen-bond donors (Lipinski definition) is 1. The first kappa shape index (κ1) is 21.3. The van der Waals surface area contributed by atoms with Gasteiger partial charge in [-0.3, -0.25) is 4.79 Å². The topological polar surface area (TPSA) is 58.9 Å². The standard InChI is InChI=1S/C26H27NO3/c1-30-27-26(23-10-3-2-4-11-23)24-12-6-9-22(19-24)8-5-7-20-13-15-21(16-14-20)17-18-25(28)29/h2-4,6,9-16,19H,5,7-8,17-18H2,1H3,(H,28,29)/b27-26-. The Morgan fingerprint density at radius 1 is 0.800 bits per heavy atom. The zero-order chi connectivity index (χ0) is 21.2. The van der Waals surface area contributed by atoms with Gasteiger partial charge < -0.3 is 9.94 Å². The molecular weight excluding hydrogens is 374 g/mol. The number of nitrogens with zero attached hydrogens (tertiary/aromatic N) is 1. The minimum Gasteiger partial charge on any atom is -0.481 e. The SMILES string of the molecule is CO/N=C(/c1ccccc1)c1cccc(CCCc2ccc(CCC(=O)O)cc2)c1. The number of oxime groups is 1. The van der Waals surface area contributed by atoms with Crippen LogP contribution in [-0.2, 0) is 28.9 Å². The second kappa shape index (κ2) is 11.0. The molecule has 0 aliphatic carbocycles. The molecule has 4 nitrogen and oxygen atoms in total. The number of carboxylic acid groups (broad SMARTS) is 1. The summed E-state index contributed by atoms with van der Waals surface area (Å²) in [5, 5.41) is 13.0. The van der Waals surface area contributed by atoms with Crippen molar-refractivity contribution in [1.82, 2.24) is 0 Å². The van der Waals surface area contributed by atoms with Gasteiger partial charge in [0.15, 0.2) is 0 Å². The van der Waals surface area contributed by atoms with E-state index in [1.807, 2.05) is 42.5 Å². The van der Waals surface area contributed by atoms with E-state index >= 15 is 0 Å². The Balaban J connectivity index is 1.60. The van der Waals surface area contributed by atoms with Crippen molar-refractivity contribution in [2.45, 2.75) is 32.1 Å². The van der Waals surface area contributed by atoms with E-state index in [0.29, 0.717) is 6.42 Å². The molecule has 0 unspecified atom stereocenters. The highest BCUT2D eigenvalue weighted by Crippen LogP contribution is 2.16. The van der Waals surface area contributed by atoms with Gasteiger partial charge in [-0.2, -0.15) is 0 Å². The van der Waals surface area contributed by atoms with E-state index in [1.165, 1.54) is 11.1 Å². The number of carbonyl (C=O) groups is 1. The summed E-state index contributed by atoms with van der Waals surface area (Å²) in [6.07, 6.45) is 3.76. The summed E-state index contributed by atoms with van der Waals surface area (Å²) in [6, 6.07) is 26.8. The molecule has 0 radical (unpaired) electrons. The van der Waals surface area contributed by atoms with Crippen molar-refractivity contribution >= 4 is 11.7 Å². The average Bonchev–Trinajstić information content (AvgIpc) is 2.78. The third kappa shape index (κ3) is 6.31. The lowest BCUT2D eigenvalue weighted by Gasteiger charge is -2.09. The van der Waals surface area contributed by atoms with Gasteiger partial charge in [-0.25, -0.2) is 0 Å². The smallest absolute Gasteiger partial charge is 0.303 e. The molecule has 3 aromatic rings. The molecule has 1 N–H and O–H groups in total. The van der Waals surface area contributed by atoms with Crippen LogP contribution in [0.25, 0.3) is 0 Å². The van der Waals surface area contributed by atoms with Gasteiger partial charge in [0.05, 0.1) is 0 Å². The molecule has 4 heteroatoms. The lowest BCUT2D eigenvalue weighted by atomic mass is 9.97. The molecule has 0 aliphatic rings. The van der Waals surface area contributed by atoms with Gasteiger partial charge in [0.1, 0.15) is 12.8 Å². The Labute approximate surface area is 177 Å². The van der Waals surface area contributed by atoms with Crippen LogP contribution in [-0.4, -0.2) is 23.9 Å². The van der Waals surface area contributed by atoms with Crippen LogP contribution in [0.1, 0.15) is 40.7 Å². The molecule has 0 bridgehead atoms. The summed E-state index contributed by atoms with van der Waals surface area (Å²) in [5.74, 6) is -0.757. The molecule has 0 spiro atoms. The largest absolute Gasteiger partial charge is 0.481 e. The fourth-order valence-corrected chi connectivity index (χ4v) is 3.45. The number of hydrogen-bond acceptors (Lipinski definition) is 3. The minimum atomic E-state index is -0.757. The quantitative estimate of drug-likeness (QED) is 0.371. The van der Waals surface area contributed by atoms with Crippen LogP contribution in [0.2, 0.25) is 0 Å². The molecule has 0 saturated heterocycles. The summed E-state index contributed by atoms with van der Waals surface area (Å²) in [6.45, 7) is 0. The van der Waals surface area contributed by atoms with Crippen LogP contribution in [0.3, 0.4) is 0 Å². The zero-order valence-corrected chi connectivity index (χ0v) is 17.3. The average molecular weight is 402 g/mol. The van der Waals surface area contributed by atoms with E-state index in [4.69, 9.17) is 9.94 Å². The zero-order valence-electron chi connectivity index (χ0n) is 17.3. The summed E-state index contributed by atoms with van der Waals surface area (Å²) in [4.78, 5) is 15.8. The maximum Gasteiger partial charge on any atom is 0.303 e. The fourth-order valence-electron chi connectivity index (χ4n) is 3.45. The Morgan fingerprint density at radius 2 is 1.43 bits per heavy atom. The highest BCUT2D eigenvalue weighted by Gasteiger charge is 2.08. The highest BCUT2D eigenvalue weighted by molar-refractivity contribution is 6.12. The molecule has 0 atom stereocenters. The van der Waals surface area contributed by atoms with Crippen LogP contribution < -0.4 is 0 Å². The van der Waals surface area contributed by atoms with E-state index in [1.54, 1.807) is 7.11 Å². The predicted octanol–water partition coefficient (Wildman–Crippen LogP) is 5.28. The molecule has 0 aliphatic heterocycles. The van der Waals surface area contributed by atoms with Gasteiger partial charge in [0.25, 0.3) is 0 Å². The van der Waals surface area contributed by atoms with Crippen molar-refractivity contribution in [3.63, 3.8) is 0 Å². The maximum absolute atomic E-state index is 10.7. The molecule has 0 fully saturated rings. The minimum absolute atomic E-state index is 0.174. The monoisotopic (exact) mass is 401 g/mol. The highest BCUT2D eigenvalue weighted by atomic mass is 16.6. The normalized spacial score (nSPS) is 11.3. The molecular formula is C26H27NO3. The van der Waals surface area contributed by atoms with Crippen molar-refractivity contribution in [3.8, 4) is 0 Å². The van der Waals surface area contributed by atoms with Gasteiger partial charge in [0, 0.05) is 17.5 Å². The first-order valence-corrected chi connectivity index (χ1v) is 10.2. The van der Waals surface area contributed by atoms with Gasteiger partial charge in [-0.1, -0.05) is 78.0 Å². The molecule has 3 aromatic carbocycles. The molecule has 0 aromatic heterocycles. The van der Waals surface area contributed by atoms with E-state index < -0.39 is 5.97 Å². The van der Waals surface area contributed by atoms with Crippen molar-refractivity contribution in [2.75, 3.05) is 7.11 Å². The second-order valence-corrected chi connectivity index (χ2v) is 7.25. The second-order valence-electron chi connectivity index (χ2n) is 7.25.